The van der Waals surface area contributed by atoms with E-state index in [2.05, 4.69) is 0 Å². The first-order chi connectivity index (χ1) is 14.3. The SMILES string of the molecule is CCOC(=O)C1CC(=Cc2ccc(O)c(Cl)c2)C(=O)C(=Cc2ccc(O)c(Cl)c2)C1. The molecular formula is C23H20Cl2O5. The van der Waals surface area contributed by atoms with Crippen molar-refractivity contribution in [3.8, 4) is 11.5 Å². The predicted molar refractivity (Wildman–Crippen MR) is 117 cm³/mol. The van der Waals surface area contributed by atoms with E-state index in [1.807, 2.05) is 0 Å². The van der Waals surface area contributed by atoms with Gasteiger partial charge in [-0.2, -0.15) is 0 Å². The molecule has 2 aromatic rings. The number of esters is 1. The van der Waals surface area contributed by atoms with Gasteiger partial charge in [-0.25, -0.2) is 0 Å². The van der Waals surface area contributed by atoms with Crippen molar-refractivity contribution in [3.05, 3.63) is 68.7 Å². The summed E-state index contributed by atoms with van der Waals surface area (Å²) in [5, 5.41) is 19.6. The summed E-state index contributed by atoms with van der Waals surface area (Å²) < 4.78 is 5.17. The molecule has 1 aliphatic rings. The summed E-state index contributed by atoms with van der Waals surface area (Å²) in [6.07, 6.45) is 3.81. The van der Waals surface area contributed by atoms with E-state index in [0.29, 0.717) is 22.3 Å². The fraction of sp³-hybridized carbons (Fsp3) is 0.217. The van der Waals surface area contributed by atoms with E-state index in [4.69, 9.17) is 27.9 Å². The third-order valence-electron chi connectivity index (χ3n) is 4.76. The molecule has 156 valence electrons. The van der Waals surface area contributed by atoms with E-state index in [1.165, 1.54) is 12.1 Å². The minimum absolute atomic E-state index is 0.0528. The molecule has 0 unspecified atom stereocenters. The summed E-state index contributed by atoms with van der Waals surface area (Å²) in [6.45, 7) is 1.98. The predicted octanol–water partition coefficient (Wildman–Crippen LogP) is 5.41. The molecule has 0 aliphatic heterocycles. The second-order valence-corrected chi connectivity index (χ2v) is 7.76. The quantitative estimate of drug-likeness (QED) is 0.484. The molecule has 0 atom stereocenters. The highest BCUT2D eigenvalue weighted by atomic mass is 35.5. The lowest BCUT2D eigenvalue weighted by Crippen LogP contribution is -2.27. The number of rotatable bonds is 4. The topological polar surface area (TPSA) is 83.8 Å². The number of phenolic OH excluding ortho intramolecular Hbond substituents is 2. The third kappa shape index (κ3) is 5.04. The summed E-state index contributed by atoms with van der Waals surface area (Å²) >= 11 is 11.9. The van der Waals surface area contributed by atoms with Gasteiger partial charge >= 0.3 is 5.97 Å². The summed E-state index contributed by atoms with van der Waals surface area (Å²) in [7, 11) is 0. The van der Waals surface area contributed by atoms with Gasteiger partial charge in [-0.3, -0.25) is 9.59 Å². The van der Waals surface area contributed by atoms with Crippen LogP contribution in [0.4, 0.5) is 0 Å². The van der Waals surface area contributed by atoms with Crippen LogP contribution in [0.1, 0.15) is 30.9 Å². The Morgan fingerprint density at radius 1 is 1.00 bits per heavy atom. The molecule has 0 aromatic heterocycles. The number of ketones is 1. The molecule has 0 radical (unpaired) electrons. The van der Waals surface area contributed by atoms with E-state index < -0.39 is 5.92 Å². The van der Waals surface area contributed by atoms with E-state index in [1.54, 1.807) is 43.3 Å². The zero-order valence-electron chi connectivity index (χ0n) is 16.2. The van der Waals surface area contributed by atoms with Crippen molar-refractivity contribution in [3.63, 3.8) is 0 Å². The van der Waals surface area contributed by atoms with Gasteiger partial charge in [-0.05, 0) is 67.3 Å². The van der Waals surface area contributed by atoms with Crippen molar-refractivity contribution in [1.29, 1.82) is 0 Å². The van der Waals surface area contributed by atoms with Crippen molar-refractivity contribution in [1.82, 2.24) is 0 Å². The zero-order valence-corrected chi connectivity index (χ0v) is 17.7. The van der Waals surface area contributed by atoms with Gasteiger partial charge in [0.15, 0.2) is 5.78 Å². The zero-order chi connectivity index (χ0) is 21.8. The Balaban J connectivity index is 2.01. The molecule has 2 aromatic carbocycles. The van der Waals surface area contributed by atoms with E-state index >= 15 is 0 Å². The van der Waals surface area contributed by atoms with Gasteiger partial charge in [0.25, 0.3) is 0 Å². The number of carbonyl (C=O) groups excluding carboxylic acids is 2. The molecule has 7 heteroatoms. The van der Waals surface area contributed by atoms with Crippen molar-refractivity contribution in [2.45, 2.75) is 19.8 Å². The lowest BCUT2D eigenvalue weighted by atomic mass is 9.80. The maximum atomic E-state index is 13.1. The fourth-order valence-corrected chi connectivity index (χ4v) is 3.68. The monoisotopic (exact) mass is 446 g/mol. The molecule has 0 amide bonds. The largest absolute Gasteiger partial charge is 0.506 e. The maximum Gasteiger partial charge on any atom is 0.309 e. The van der Waals surface area contributed by atoms with Crippen molar-refractivity contribution >= 4 is 47.1 Å². The van der Waals surface area contributed by atoms with Crippen LogP contribution in [-0.4, -0.2) is 28.6 Å². The summed E-state index contributed by atoms with van der Waals surface area (Å²) in [4.78, 5) is 25.5. The number of benzene rings is 2. The van der Waals surface area contributed by atoms with Gasteiger partial charge in [-0.1, -0.05) is 35.3 Å². The molecule has 5 nitrogen and oxygen atoms in total. The molecule has 1 fully saturated rings. The molecule has 0 spiro atoms. The molecular weight excluding hydrogens is 427 g/mol. The first-order valence-electron chi connectivity index (χ1n) is 9.38. The molecule has 0 heterocycles. The van der Waals surface area contributed by atoms with Gasteiger partial charge < -0.3 is 14.9 Å². The lowest BCUT2D eigenvalue weighted by molar-refractivity contribution is -0.148. The van der Waals surface area contributed by atoms with Gasteiger partial charge in [0.1, 0.15) is 11.5 Å². The Morgan fingerprint density at radius 2 is 1.47 bits per heavy atom. The second-order valence-electron chi connectivity index (χ2n) is 6.95. The number of aromatic hydroxyl groups is 2. The second kappa shape index (κ2) is 9.37. The Bertz CT molecular complexity index is 982. The number of allylic oxidation sites excluding steroid dienone is 2. The summed E-state index contributed by atoms with van der Waals surface area (Å²) in [6, 6.07) is 9.26. The van der Waals surface area contributed by atoms with Crippen molar-refractivity contribution in [2.75, 3.05) is 6.61 Å². The fourth-order valence-electron chi connectivity index (χ4n) is 3.30. The van der Waals surface area contributed by atoms with Crippen LogP contribution in [0.2, 0.25) is 10.0 Å². The summed E-state index contributed by atoms with van der Waals surface area (Å²) in [5.41, 5.74) is 2.16. The van der Waals surface area contributed by atoms with Crippen LogP contribution in [0, 0.1) is 5.92 Å². The Labute approximate surface area is 184 Å². The molecule has 0 saturated heterocycles. The highest BCUT2D eigenvalue weighted by Crippen LogP contribution is 2.35. The Morgan fingerprint density at radius 3 is 1.87 bits per heavy atom. The first kappa shape index (κ1) is 21.9. The smallest absolute Gasteiger partial charge is 0.309 e. The number of carbonyl (C=O) groups is 2. The minimum Gasteiger partial charge on any atom is -0.506 e. The Hall–Kier alpha value is -2.76. The van der Waals surface area contributed by atoms with Crippen molar-refractivity contribution < 1.29 is 24.5 Å². The number of halogens is 2. The number of hydrogen-bond acceptors (Lipinski definition) is 5. The van der Waals surface area contributed by atoms with Crippen molar-refractivity contribution in [2.24, 2.45) is 5.92 Å². The highest BCUT2D eigenvalue weighted by molar-refractivity contribution is 6.32. The lowest BCUT2D eigenvalue weighted by Gasteiger charge is -2.24. The van der Waals surface area contributed by atoms with E-state index in [-0.39, 0.29) is 52.7 Å². The highest BCUT2D eigenvalue weighted by Gasteiger charge is 2.33. The van der Waals surface area contributed by atoms with Crippen LogP contribution in [0.15, 0.2) is 47.5 Å². The molecule has 1 saturated carbocycles. The normalized spacial score (nSPS) is 19.3. The van der Waals surface area contributed by atoms with Crippen LogP contribution in [0.3, 0.4) is 0 Å². The Kier molecular flexibility index (Phi) is 6.85. The summed E-state index contributed by atoms with van der Waals surface area (Å²) in [5.74, 6) is -1.16. The molecule has 0 bridgehead atoms. The molecule has 2 N–H and O–H groups in total. The average molecular weight is 447 g/mol. The maximum absolute atomic E-state index is 13.1. The molecule has 3 rings (SSSR count). The average Bonchev–Trinajstić information content (AvgIpc) is 2.70. The van der Waals surface area contributed by atoms with Crippen LogP contribution < -0.4 is 0 Å². The van der Waals surface area contributed by atoms with E-state index in [9.17, 15) is 19.8 Å². The first-order valence-corrected chi connectivity index (χ1v) is 10.1. The van der Waals surface area contributed by atoms with Crippen LogP contribution in [0.25, 0.3) is 12.2 Å². The number of Topliss-reactive ketones (excluding diaryl/α,β-unsaturated/α-hetero) is 1. The van der Waals surface area contributed by atoms with Gasteiger partial charge in [0, 0.05) is 11.1 Å². The standard InChI is InChI=1S/C23H20Cl2O5/c1-2-30-23(29)17-11-15(7-13-3-5-20(26)18(24)9-13)22(28)16(12-17)8-14-4-6-21(27)19(25)10-14/h3-10,17,26-27H,2,11-12H2,1H3. The minimum atomic E-state index is -0.500. The number of ether oxygens (including phenoxy) is 1. The van der Waals surface area contributed by atoms with Gasteiger partial charge in [0.05, 0.1) is 22.6 Å². The van der Waals surface area contributed by atoms with Crippen LogP contribution in [-0.2, 0) is 14.3 Å². The van der Waals surface area contributed by atoms with Crippen LogP contribution >= 0.6 is 23.2 Å². The van der Waals surface area contributed by atoms with E-state index in [0.717, 1.165) is 0 Å². The van der Waals surface area contributed by atoms with Crippen LogP contribution in [0.5, 0.6) is 11.5 Å². The number of hydrogen-bond donors (Lipinski definition) is 2. The third-order valence-corrected chi connectivity index (χ3v) is 5.37. The van der Waals surface area contributed by atoms with Gasteiger partial charge in [-0.15, -0.1) is 0 Å². The number of phenols is 2. The molecule has 30 heavy (non-hydrogen) atoms. The van der Waals surface area contributed by atoms with Gasteiger partial charge in [0.2, 0.25) is 0 Å². The molecule has 1 aliphatic carbocycles.